The lowest BCUT2D eigenvalue weighted by Crippen LogP contribution is -2.37. The van der Waals surface area contributed by atoms with Gasteiger partial charge in [0.25, 0.3) is 15.9 Å². The summed E-state index contributed by atoms with van der Waals surface area (Å²) in [5.74, 6) is -0.459. The second-order valence-electron chi connectivity index (χ2n) is 6.27. The number of benzene rings is 2. The highest BCUT2D eigenvalue weighted by atomic mass is 32.2. The summed E-state index contributed by atoms with van der Waals surface area (Å²) in [5, 5.41) is 5.59. The van der Waals surface area contributed by atoms with Gasteiger partial charge in [-0.2, -0.15) is 5.10 Å². The molecule has 2 aromatic rings. The fourth-order valence-electron chi connectivity index (χ4n) is 3.27. The Kier molecular flexibility index (Phi) is 3.61. The molecule has 6 nitrogen and oxygen atoms in total. The average Bonchev–Trinajstić information content (AvgIpc) is 3.10. The zero-order valence-corrected chi connectivity index (χ0v) is 14.5. The smallest absolute Gasteiger partial charge is 0.265 e. The monoisotopic (exact) mass is 355 g/mol. The van der Waals surface area contributed by atoms with Crippen LogP contribution in [-0.4, -0.2) is 26.6 Å². The Balaban J connectivity index is 1.62. The Hall–Kier alpha value is -2.67. The summed E-state index contributed by atoms with van der Waals surface area (Å²) >= 11 is 0. The van der Waals surface area contributed by atoms with E-state index < -0.39 is 15.9 Å². The van der Waals surface area contributed by atoms with Crippen LogP contribution in [0.4, 0.5) is 5.69 Å². The number of hydrogen-bond acceptors (Lipinski definition) is 4. The van der Waals surface area contributed by atoms with Crippen LogP contribution in [0.25, 0.3) is 10.8 Å². The van der Waals surface area contributed by atoms with Gasteiger partial charge in [0.15, 0.2) is 0 Å². The SMILES string of the molecule is CC1=C/C(=N/NC(=O)CN2c3cccc4cccc(c34)S2(=O)=O)CC1. The summed E-state index contributed by atoms with van der Waals surface area (Å²) in [5.41, 5.74) is 5.03. The lowest BCUT2D eigenvalue weighted by molar-refractivity contribution is -0.119. The van der Waals surface area contributed by atoms with Crippen molar-refractivity contribution < 1.29 is 13.2 Å². The molecule has 0 unspecified atom stereocenters. The Labute approximate surface area is 145 Å². The molecule has 0 bridgehead atoms. The predicted molar refractivity (Wildman–Crippen MR) is 97.0 cm³/mol. The van der Waals surface area contributed by atoms with Gasteiger partial charge in [0, 0.05) is 5.39 Å². The van der Waals surface area contributed by atoms with E-state index in [9.17, 15) is 13.2 Å². The highest BCUT2D eigenvalue weighted by Gasteiger charge is 2.36. The van der Waals surface area contributed by atoms with Gasteiger partial charge in [0.1, 0.15) is 6.54 Å². The maximum atomic E-state index is 12.8. The van der Waals surface area contributed by atoms with Gasteiger partial charge in [-0.1, -0.05) is 29.8 Å². The van der Waals surface area contributed by atoms with E-state index in [0.717, 1.165) is 28.2 Å². The molecule has 1 aliphatic carbocycles. The first-order valence-electron chi connectivity index (χ1n) is 8.04. The van der Waals surface area contributed by atoms with E-state index in [1.54, 1.807) is 24.3 Å². The van der Waals surface area contributed by atoms with Crippen LogP contribution in [0.5, 0.6) is 0 Å². The third-order valence-electron chi connectivity index (χ3n) is 4.48. The average molecular weight is 355 g/mol. The van der Waals surface area contributed by atoms with Crippen molar-refractivity contribution in [2.75, 3.05) is 10.8 Å². The van der Waals surface area contributed by atoms with E-state index in [-0.39, 0.29) is 11.4 Å². The van der Waals surface area contributed by atoms with E-state index in [1.807, 2.05) is 25.1 Å². The van der Waals surface area contributed by atoms with Crippen LogP contribution in [0, 0.1) is 0 Å². The van der Waals surface area contributed by atoms with Gasteiger partial charge in [0.05, 0.1) is 16.3 Å². The molecule has 0 saturated carbocycles. The maximum Gasteiger partial charge on any atom is 0.265 e. The molecule has 0 aromatic heterocycles. The van der Waals surface area contributed by atoms with Crippen molar-refractivity contribution in [1.29, 1.82) is 0 Å². The highest BCUT2D eigenvalue weighted by molar-refractivity contribution is 7.93. The van der Waals surface area contributed by atoms with E-state index in [0.29, 0.717) is 11.1 Å². The largest absolute Gasteiger partial charge is 0.271 e. The van der Waals surface area contributed by atoms with E-state index >= 15 is 0 Å². The number of nitrogens with zero attached hydrogens (tertiary/aromatic N) is 2. The topological polar surface area (TPSA) is 78.8 Å². The van der Waals surface area contributed by atoms with Crippen LogP contribution in [0.2, 0.25) is 0 Å². The molecule has 1 aliphatic heterocycles. The molecule has 0 spiro atoms. The number of allylic oxidation sites excluding steroid dienone is 2. The number of hydrazone groups is 1. The van der Waals surface area contributed by atoms with Crippen LogP contribution in [0.1, 0.15) is 19.8 Å². The summed E-state index contributed by atoms with van der Waals surface area (Å²) in [7, 11) is -3.73. The molecule has 25 heavy (non-hydrogen) atoms. The Morgan fingerprint density at radius 2 is 1.96 bits per heavy atom. The lowest BCUT2D eigenvalue weighted by Gasteiger charge is -2.17. The zero-order chi connectivity index (χ0) is 17.6. The van der Waals surface area contributed by atoms with Crippen molar-refractivity contribution in [2.24, 2.45) is 5.10 Å². The molecule has 2 aliphatic rings. The maximum absolute atomic E-state index is 12.8. The van der Waals surface area contributed by atoms with Crippen molar-refractivity contribution >= 4 is 38.1 Å². The van der Waals surface area contributed by atoms with Gasteiger partial charge in [-0.15, -0.1) is 0 Å². The minimum absolute atomic E-state index is 0.245. The summed E-state index contributed by atoms with van der Waals surface area (Å²) < 4.78 is 26.8. The fraction of sp³-hybridized carbons (Fsp3) is 0.222. The van der Waals surface area contributed by atoms with E-state index in [4.69, 9.17) is 0 Å². The molecular formula is C18H17N3O3S. The van der Waals surface area contributed by atoms with Gasteiger partial charge in [-0.3, -0.25) is 9.10 Å². The zero-order valence-electron chi connectivity index (χ0n) is 13.7. The number of carbonyl (C=O) groups excluding carboxylic acids is 1. The number of carbonyl (C=O) groups is 1. The van der Waals surface area contributed by atoms with Crippen LogP contribution in [0.3, 0.4) is 0 Å². The standard InChI is InChI=1S/C18H17N3O3S/c1-12-8-9-14(10-12)19-20-17(22)11-21-15-6-2-4-13-5-3-7-16(18(13)15)25(21,23)24/h2-7,10H,8-9,11H2,1H3,(H,20,22)/b19-14+. The first-order valence-corrected chi connectivity index (χ1v) is 9.48. The van der Waals surface area contributed by atoms with Gasteiger partial charge >= 0.3 is 0 Å². The van der Waals surface area contributed by atoms with E-state index in [1.165, 1.54) is 5.57 Å². The minimum atomic E-state index is -3.73. The van der Waals surface area contributed by atoms with Crippen molar-refractivity contribution in [3.8, 4) is 0 Å². The molecule has 4 rings (SSSR count). The molecule has 1 amide bonds. The number of amides is 1. The van der Waals surface area contributed by atoms with Crippen LogP contribution < -0.4 is 9.73 Å². The van der Waals surface area contributed by atoms with Gasteiger partial charge in [-0.05, 0) is 43.4 Å². The van der Waals surface area contributed by atoms with Gasteiger partial charge in [-0.25, -0.2) is 13.8 Å². The molecule has 1 heterocycles. The highest BCUT2D eigenvalue weighted by Crippen LogP contribution is 2.41. The molecule has 1 N–H and O–H groups in total. The Morgan fingerprint density at radius 3 is 2.68 bits per heavy atom. The quantitative estimate of drug-likeness (QED) is 0.860. The number of hydrogen-bond donors (Lipinski definition) is 1. The molecule has 2 aromatic carbocycles. The molecule has 0 fully saturated rings. The van der Waals surface area contributed by atoms with Gasteiger partial charge < -0.3 is 0 Å². The van der Waals surface area contributed by atoms with Crippen LogP contribution in [-0.2, 0) is 14.8 Å². The number of rotatable bonds is 3. The van der Waals surface area contributed by atoms with Gasteiger partial charge in [0.2, 0.25) is 0 Å². The second-order valence-corrected chi connectivity index (χ2v) is 8.10. The second kappa shape index (κ2) is 5.70. The molecule has 0 atom stereocenters. The number of anilines is 1. The first kappa shape index (κ1) is 15.8. The lowest BCUT2D eigenvalue weighted by atomic mass is 10.1. The first-order chi connectivity index (χ1) is 12.0. The molecule has 7 heteroatoms. The summed E-state index contributed by atoms with van der Waals surface area (Å²) in [6, 6.07) is 10.5. The van der Waals surface area contributed by atoms with Crippen molar-refractivity contribution in [3.05, 3.63) is 48.0 Å². The summed E-state index contributed by atoms with van der Waals surface area (Å²) in [6.07, 6.45) is 3.66. The normalized spacial score (nSPS) is 19.5. The third kappa shape index (κ3) is 2.60. The summed E-state index contributed by atoms with van der Waals surface area (Å²) in [6.45, 7) is 1.72. The fourth-order valence-corrected chi connectivity index (χ4v) is 4.94. The summed E-state index contributed by atoms with van der Waals surface area (Å²) in [4.78, 5) is 12.5. The van der Waals surface area contributed by atoms with Crippen molar-refractivity contribution in [1.82, 2.24) is 5.43 Å². The van der Waals surface area contributed by atoms with E-state index in [2.05, 4.69) is 10.5 Å². The van der Waals surface area contributed by atoms with Crippen molar-refractivity contribution in [3.63, 3.8) is 0 Å². The Morgan fingerprint density at radius 1 is 1.20 bits per heavy atom. The minimum Gasteiger partial charge on any atom is -0.271 e. The molecule has 0 saturated heterocycles. The predicted octanol–water partition coefficient (Wildman–Crippen LogP) is 2.56. The Bertz CT molecular complexity index is 1050. The van der Waals surface area contributed by atoms with Crippen molar-refractivity contribution in [2.45, 2.75) is 24.7 Å². The molecular weight excluding hydrogens is 338 g/mol. The number of sulfonamides is 1. The van der Waals surface area contributed by atoms with Crippen LogP contribution in [0.15, 0.2) is 58.0 Å². The molecule has 0 radical (unpaired) electrons. The molecule has 128 valence electrons. The third-order valence-corrected chi connectivity index (χ3v) is 6.28. The number of nitrogens with one attached hydrogen (secondary N) is 1. The van der Waals surface area contributed by atoms with Crippen LogP contribution >= 0.6 is 0 Å².